The molecule has 3 rings (SSSR count). The van der Waals surface area contributed by atoms with Crippen LogP contribution in [0, 0.1) is 0 Å². The van der Waals surface area contributed by atoms with Crippen molar-refractivity contribution in [3.05, 3.63) is 60.2 Å². The van der Waals surface area contributed by atoms with E-state index in [0.29, 0.717) is 24.4 Å². The number of benzene rings is 2. The lowest BCUT2D eigenvalue weighted by Gasteiger charge is -2.25. The largest absolute Gasteiger partial charge is 0.497 e. The number of nitrogens with zero attached hydrogens (tertiary/aromatic N) is 3. The van der Waals surface area contributed by atoms with Gasteiger partial charge in [0.1, 0.15) is 11.5 Å². The molecule has 0 saturated heterocycles. The van der Waals surface area contributed by atoms with Crippen LogP contribution in [0.25, 0.3) is 0 Å². The molecule has 0 radical (unpaired) electrons. The van der Waals surface area contributed by atoms with Crippen LogP contribution in [0.15, 0.2) is 59.7 Å². The van der Waals surface area contributed by atoms with E-state index in [2.05, 4.69) is 5.10 Å². The molecule has 2 amide bonds. The first-order valence-corrected chi connectivity index (χ1v) is 8.42. The second-order valence-electron chi connectivity index (χ2n) is 6.10. The van der Waals surface area contributed by atoms with Crippen molar-refractivity contribution in [1.82, 2.24) is 4.90 Å². The number of amides is 2. The van der Waals surface area contributed by atoms with Crippen LogP contribution >= 0.6 is 0 Å². The van der Waals surface area contributed by atoms with E-state index in [-0.39, 0.29) is 18.2 Å². The lowest BCUT2D eigenvalue weighted by Crippen LogP contribution is -2.39. The molecule has 0 aromatic heterocycles. The van der Waals surface area contributed by atoms with Crippen molar-refractivity contribution in [2.75, 3.05) is 19.2 Å². The van der Waals surface area contributed by atoms with Gasteiger partial charge in [-0.15, -0.1) is 0 Å². The zero-order valence-electron chi connectivity index (χ0n) is 14.9. The van der Waals surface area contributed by atoms with Crippen LogP contribution in [0.5, 0.6) is 5.75 Å². The Kier molecular flexibility index (Phi) is 5.31. The van der Waals surface area contributed by atoms with Crippen molar-refractivity contribution < 1.29 is 14.3 Å². The number of anilines is 1. The van der Waals surface area contributed by atoms with Gasteiger partial charge in [-0.05, 0) is 29.8 Å². The van der Waals surface area contributed by atoms with Crippen molar-refractivity contribution in [3.8, 4) is 5.75 Å². The average Bonchev–Trinajstić information content (AvgIpc) is 2.68. The van der Waals surface area contributed by atoms with Gasteiger partial charge in [0, 0.05) is 26.4 Å². The van der Waals surface area contributed by atoms with E-state index < -0.39 is 0 Å². The van der Waals surface area contributed by atoms with Crippen LogP contribution in [-0.2, 0) is 16.1 Å². The molecule has 0 fully saturated rings. The minimum absolute atomic E-state index is 0.108. The van der Waals surface area contributed by atoms with Gasteiger partial charge in [0.25, 0.3) is 5.91 Å². The van der Waals surface area contributed by atoms with E-state index >= 15 is 0 Å². The minimum atomic E-state index is -0.179. The summed E-state index contributed by atoms with van der Waals surface area (Å²) < 4.78 is 5.22. The van der Waals surface area contributed by atoms with Crippen LogP contribution in [0.1, 0.15) is 18.4 Å². The van der Waals surface area contributed by atoms with Crippen molar-refractivity contribution in [1.29, 1.82) is 0 Å². The van der Waals surface area contributed by atoms with Gasteiger partial charge in [-0.25, -0.2) is 5.01 Å². The Morgan fingerprint density at radius 3 is 2.65 bits per heavy atom. The van der Waals surface area contributed by atoms with E-state index in [1.165, 1.54) is 5.01 Å². The summed E-state index contributed by atoms with van der Waals surface area (Å²) in [5.74, 6) is 0.462. The summed E-state index contributed by atoms with van der Waals surface area (Å²) in [5, 5.41) is 5.63. The maximum atomic E-state index is 12.8. The highest BCUT2D eigenvalue weighted by molar-refractivity contribution is 6.40. The molecular formula is C20H21N3O3. The molecular weight excluding hydrogens is 330 g/mol. The second-order valence-corrected chi connectivity index (χ2v) is 6.10. The SMILES string of the molecule is COc1cccc(CN(C)C(=O)C2=NN(c3ccccc3)C(=O)CC2)c1. The Morgan fingerprint density at radius 1 is 1.15 bits per heavy atom. The number of hydrogen-bond donors (Lipinski definition) is 0. The lowest BCUT2D eigenvalue weighted by molar-refractivity contribution is -0.123. The molecule has 6 heteroatoms. The molecule has 0 spiro atoms. The normalized spacial score (nSPS) is 14.0. The fourth-order valence-corrected chi connectivity index (χ4v) is 2.82. The number of rotatable bonds is 5. The highest BCUT2D eigenvalue weighted by Gasteiger charge is 2.27. The molecule has 1 aliphatic heterocycles. The van der Waals surface area contributed by atoms with Gasteiger partial charge < -0.3 is 9.64 Å². The lowest BCUT2D eigenvalue weighted by atomic mass is 10.1. The molecule has 0 unspecified atom stereocenters. The fraction of sp³-hybridized carbons (Fsp3) is 0.250. The summed E-state index contributed by atoms with van der Waals surface area (Å²) >= 11 is 0. The molecule has 0 bridgehead atoms. The van der Waals surface area contributed by atoms with Crippen LogP contribution in [-0.4, -0.2) is 36.6 Å². The summed E-state index contributed by atoms with van der Waals surface area (Å²) in [7, 11) is 3.34. The number of ether oxygens (including phenoxy) is 1. The molecule has 0 aliphatic carbocycles. The third-order valence-corrected chi connectivity index (χ3v) is 4.18. The quantitative estimate of drug-likeness (QED) is 0.832. The molecule has 2 aromatic carbocycles. The molecule has 1 heterocycles. The zero-order valence-corrected chi connectivity index (χ0v) is 14.9. The van der Waals surface area contributed by atoms with Crippen LogP contribution in [0.2, 0.25) is 0 Å². The van der Waals surface area contributed by atoms with Gasteiger partial charge in [0.2, 0.25) is 5.91 Å². The number of carbonyl (C=O) groups excluding carboxylic acids is 2. The van der Waals surface area contributed by atoms with Gasteiger partial charge in [-0.2, -0.15) is 5.10 Å². The van der Waals surface area contributed by atoms with Crippen LogP contribution in [0.4, 0.5) is 5.69 Å². The summed E-state index contributed by atoms with van der Waals surface area (Å²) in [4.78, 5) is 26.5. The number of hydrazone groups is 1. The Labute approximate surface area is 152 Å². The second kappa shape index (κ2) is 7.82. The maximum Gasteiger partial charge on any atom is 0.270 e. The Hall–Kier alpha value is -3.15. The van der Waals surface area contributed by atoms with E-state index in [1.54, 1.807) is 31.2 Å². The van der Waals surface area contributed by atoms with Crippen molar-refractivity contribution >= 4 is 23.2 Å². The van der Waals surface area contributed by atoms with Crippen LogP contribution in [0.3, 0.4) is 0 Å². The van der Waals surface area contributed by atoms with E-state index in [0.717, 1.165) is 11.3 Å². The van der Waals surface area contributed by atoms with Crippen molar-refractivity contribution in [3.63, 3.8) is 0 Å². The van der Waals surface area contributed by atoms with E-state index in [1.807, 2.05) is 42.5 Å². The molecule has 2 aromatic rings. The third kappa shape index (κ3) is 3.91. The van der Waals surface area contributed by atoms with E-state index in [9.17, 15) is 9.59 Å². The number of para-hydroxylation sites is 1. The Bertz CT molecular complexity index is 833. The van der Waals surface area contributed by atoms with Gasteiger partial charge in [-0.3, -0.25) is 9.59 Å². The van der Waals surface area contributed by atoms with Crippen molar-refractivity contribution in [2.24, 2.45) is 5.10 Å². The third-order valence-electron chi connectivity index (χ3n) is 4.18. The molecule has 0 saturated carbocycles. The predicted molar refractivity (Wildman–Crippen MR) is 100 cm³/mol. The molecule has 0 N–H and O–H groups in total. The van der Waals surface area contributed by atoms with Crippen molar-refractivity contribution in [2.45, 2.75) is 19.4 Å². The fourth-order valence-electron chi connectivity index (χ4n) is 2.82. The smallest absolute Gasteiger partial charge is 0.270 e. The average molecular weight is 351 g/mol. The molecule has 1 aliphatic rings. The summed E-state index contributed by atoms with van der Waals surface area (Å²) in [6.07, 6.45) is 0.621. The minimum Gasteiger partial charge on any atom is -0.497 e. The number of carbonyl (C=O) groups is 2. The standard InChI is InChI=1S/C20H21N3O3/c1-22(14-15-7-6-10-17(13-15)26-2)20(25)18-11-12-19(24)23(21-18)16-8-4-3-5-9-16/h3-10,13H,11-12,14H2,1-2H3. The number of hydrogen-bond acceptors (Lipinski definition) is 4. The predicted octanol–water partition coefficient (Wildman–Crippen LogP) is 2.84. The molecule has 26 heavy (non-hydrogen) atoms. The maximum absolute atomic E-state index is 12.8. The monoisotopic (exact) mass is 351 g/mol. The first-order valence-electron chi connectivity index (χ1n) is 8.42. The summed E-state index contributed by atoms with van der Waals surface area (Å²) in [6.45, 7) is 0.439. The van der Waals surface area contributed by atoms with Gasteiger partial charge in [-0.1, -0.05) is 30.3 Å². The van der Waals surface area contributed by atoms with E-state index in [4.69, 9.17) is 4.74 Å². The zero-order chi connectivity index (χ0) is 18.5. The van der Waals surface area contributed by atoms with Gasteiger partial charge in [0.05, 0.1) is 12.8 Å². The molecule has 6 nitrogen and oxygen atoms in total. The Morgan fingerprint density at radius 2 is 1.92 bits per heavy atom. The molecule has 0 atom stereocenters. The van der Waals surface area contributed by atoms with Gasteiger partial charge >= 0.3 is 0 Å². The first kappa shape index (κ1) is 17.7. The summed E-state index contributed by atoms with van der Waals surface area (Å²) in [6, 6.07) is 16.7. The topological polar surface area (TPSA) is 62.2 Å². The van der Waals surface area contributed by atoms with Crippen LogP contribution < -0.4 is 9.75 Å². The Balaban J connectivity index is 1.76. The van der Waals surface area contributed by atoms with Gasteiger partial charge in [0.15, 0.2) is 0 Å². The number of methoxy groups -OCH3 is 1. The summed E-state index contributed by atoms with van der Waals surface area (Å²) in [5.41, 5.74) is 2.02. The highest BCUT2D eigenvalue weighted by Crippen LogP contribution is 2.21. The first-order chi connectivity index (χ1) is 12.6. The highest BCUT2D eigenvalue weighted by atomic mass is 16.5. The molecule has 134 valence electrons.